The molecule has 0 aliphatic rings. The average molecular weight is 272 g/mol. The number of aliphatic imine (C=N–C) groups is 2. The van der Waals surface area contributed by atoms with Crippen molar-refractivity contribution in [2.24, 2.45) is 21.5 Å². The molecule has 0 saturated heterocycles. The lowest BCUT2D eigenvalue weighted by Crippen LogP contribution is -2.21. The molecule has 0 radical (unpaired) electrons. The number of aliphatic hydroxyl groups is 4. The summed E-state index contributed by atoms with van der Waals surface area (Å²) in [5.41, 5.74) is 9.74. The summed E-state index contributed by atoms with van der Waals surface area (Å²) in [6.45, 7) is -0.338. The largest absolute Gasteiger partial charge is 0.512 e. The van der Waals surface area contributed by atoms with Crippen LogP contribution < -0.4 is 11.5 Å². The molecular weight excluding hydrogens is 256 g/mol. The van der Waals surface area contributed by atoms with E-state index in [1.54, 1.807) is 0 Å². The van der Waals surface area contributed by atoms with Crippen LogP contribution in [-0.4, -0.2) is 45.3 Å². The summed E-state index contributed by atoms with van der Waals surface area (Å²) in [5.74, 6) is -0.197. The first-order chi connectivity index (χ1) is 9.03. The molecule has 0 spiro atoms. The van der Waals surface area contributed by atoms with E-state index in [1.807, 2.05) is 0 Å². The first-order valence-corrected chi connectivity index (χ1v) is 4.61. The molecule has 0 aliphatic carbocycles. The molecule has 10 heteroatoms. The Balaban J connectivity index is -0.000000222. The molecule has 8 N–H and O–H groups in total. The van der Waals surface area contributed by atoms with E-state index in [9.17, 15) is 0 Å². The van der Waals surface area contributed by atoms with Gasteiger partial charge in [0, 0.05) is 13.0 Å². The Labute approximate surface area is 109 Å². The van der Waals surface area contributed by atoms with E-state index in [2.05, 4.69) is 9.98 Å². The zero-order valence-electron chi connectivity index (χ0n) is 10.0. The van der Waals surface area contributed by atoms with Crippen LogP contribution in [0.4, 0.5) is 0 Å². The normalized spacial score (nSPS) is 8.95. The lowest BCUT2D eigenvalue weighted by molar-refractivity contribution is 0.299. The molecular formula is C9H16N6O4. The van der Waals surface area contributed by atoms with Crippen LogP contribution in [0.5, 0.6) is 0 Å². The number of nitrogens with two attached hydrogens (primary N) is 2. The third kappa shape index (κ3) is 31.3. The van der Waals surface area contributed by atoms with Crippen molar-refractivity contribution >= 4 is 11.7 Å². The maximum atomic E-state index is 8.40. The summed E-state index contributed by atoms with van der Waals surface area (Å²) < 4.78 is 0. The van der Waals surface area contributed by atoms with Crippen molar-refractivity contribution in [1.82, 2.24) is 0 Å². The first-order valence-electron chi connectivity index (χ1n) is 4.61. The maximum Gasteiger partial charge on any atom is 0.209 e. The third-order valence-corrected chi connectivity index (χ3v) is 1.04. The minimum Gasteiger partial charge on any atom is -0.512 e. The molecule has 0 unspecified atom stereocenters. The van der Waals surface area contributed by atoms with Crippen LogP contribution in [0.3, 0.4) is 0 Å². The smallest absolute Gasteiger partial charge is 0.209 e. The van der Waals surface area contributed by atoms with E-state index in [-0.39, 0.29) is 25.6 Å². The minimum atomic E-state index is -0.256. The van der Waals surface area contributed by atoms with E-state index >= 15 is 0 Å². The van der Waals surface area contributed by atoms with Crippen LogP contribution in [-0.2, 0) is 0 Å². The van der Waals surface area contributed by atoms with Gasteiger partial charge in [-0.05, 0) is 0 Å². The number of rotatable bonds is 3. The Bertz CT molecular complexity index is 358. The van der Waals surface area contributed by atoms with Crippen LogP contribution in [0, 0.1) is 22.9 Å². The molecule has 0 aromatic carbocycles. The van der Waals surface area contributed by atoms with Gasteiger partial charge in [-0.25, -0.2) is 0 Å². The van der Waals surface area contributed by atoms with Crippen LogP contribution >= 0.6 is 0 Å². The number of hydrogen-bond donors (Lipinski definition) is 6. The van der Waals surface area contributed by atoms with Crippen molar-refractivity contribution in [3.63, 3.8) is 0 Å². The fraction of sp³-hybridized carbons (Fsp3) is 0.333. The van der Waals surface area contributed by atoms with Gasteiger partial charge in [0.1, 0.15) is 12.5 Å². The summed E-state index contributed by atoms with van der Waals surface area (Å²) in [6, 6.07) is 0. The third-order valence-electron chi connectivity index (χ3n) is 1.04. The predicted molar refractivity (Wildman–Crippen MR) is 67.7 cm³/mol. The highest BCUT2D eigenvalue weighted by Gasteiger charge is 1.93. The van der Waals surface area contributed by atoms with Gasteiger partial charge < -0.3 is 31.9 Å². The van der Waals surface area contributed by atoms with Crippen LogP contribution in [0.25, 0.3) is 0 Å². The van der Waals surface area contributed by atoms with Crippen LogP contribution in [0.1, 0.15) is 6.42 Å². The Hall–Kier alpha value is -2.82. The highest BCUT2D eigenvalue weighted by atomic mass is 16.3. The van der Waals surface area contributed by atoms with Crippen molar-refractivity contribution in [2.75, 3.05) is 13.2 Å². The molecule has 0 heterocycles. The summed E-state index contributed by atoms with van der Waals surface area (Å²) in [7, 11) is 0. The van der Waals surface area contributed by atoms with E-state index in [0.717, 1.165) is 0 Å². The van der Waals surface area contributed by atoms with Gasteiger partial charge in [-0.1, -0.05) is 0 Å². The van der Waals surface area contributed by atoms with Gasteiger partial charge in [-0.15, -0.1) is 4.99 Å². The molecule has 0 aromatic heterocycles. The number of nitriles is 2. The Kier molecular flexibility index (Phi) is 23.2. The molecule has 0 saturated carbocycles. The van der Waals surface area contributed by atoms with Gasteiger partial charge in [0.25, 0.3) is 0 Å². The Morgan fingerprint density at radius 3 is 1.68 bits per heavy atom. The number of guanidine groups is 1. The number of nitrogens with zero attached hydrogens (tertiary/aromatic N) is 4. The fourth-order valence-corrected chi connectivity index (χ4v) is 0.428. The second kappa shape index (κ2) is 20.6. The lowest BCUT2D eigenvalue weighted by atomic mass is 10.3. The fourth-order valence-electron chi connectivity index (χ4n) is 0.428. The van der Waals surface area contributed by atoms with Gasteiger partial charge in [0.2, 0.25) is 18.3 Å². The van der Waals surface area contributed by atoms with Crippen molar-refractivity contribution < 1.29 is 20.4 Å². The van der Waals surface area contributed by atoms with Gasteiger partial charge >= 0.3 is 0 Å². The first kappa shape index (κ1) is 21.5. The van der Waals surface area contributed by atoms with Gasteiger partial charge in [-0.2, -0.15) is 15.5 Å². The Morgan fingerprint density at radius 2 is 1.53 bits per heavy atom. The van der Waals surface area contributed by atoms with Crippen LogP contribution in [0.15, 0.2) is 22.5 Å². The molecule has 10 nitrogen and oxygen atoms in total. The molecule has 0 atom stereocenters. The van der Waals surface area contributed by atoms with Crippen LogP contribution in [0.2, 0.25) is 0 Å². The number of aliphatic hydroxyl groups excluding tert-OH is 4. The van der Waals surface area contributed by atoms with E-state index in [1.165, 1.54) is 12.4 Å². The minimum absolute atomic E-state index is 0.0823. The number of hydrogen-bond acceptors (Lipinski definition) is 8. The topological polar surface area (TPSA) is 205 Å². The Morgan fingerprint density at radius 1 is 1.05 bits per heavy atom. The second-order valence-electron chi connectivity index (χ2n) is 2.34. The zero-order chi connectivity index (χ0) is 15.5. The monoisotopic (exact) mass is 272 g/mol. The van der Waals surface area contributed by atoms with Gasteiger partial charge in [-0.3, -0.25) is 0 Å². The SMILES string of the molecule is N#CN=C(CO)CCO.N#CN=C(N)N.O/C=C/O. The highest BCUT2D eigenvalue weighted by molar-refractivity contribution is 5.86. The summed E-state index contributed by atoms with van der Waals surface area (Å²) in [5, 5.41) is 47.2. The summed E-state index contributed by atoms with van der Waals surface area (Å²) >= 11 is 0. The second-order valence-corrected chi connectivity index (χ2v) is 2.34. The van der Waals surface area contributed by atoms with Crippen molar-refractivity contribution in [2.45, 2.75) is 6.42 Å². The summed E-state index contributed by atoms with van der Waals surface area (Å²) in [6.07, 6.45) is 4.30. The van der Waals surface area contributed by atoms with E-state index < -0.39 is 0 Å². The maximum absolute atomic E-state index is 8.40. The molecule has 19 heavy (non-hydrogen) atoms. The van der Waals surface area contributed by atoms with Gasteiger partial charge in [0.15, 0.2) is 0 Å². The molecule has 0 fully saturated rings. The van der Waals surface area contributed by atoms with Crippen molar-refractivity contribution in [3.8, 4) is 12.4 Å². The quantitative estimate of drug-likeness (QED) is 0.155. The standard InChI is InChI=1S/C5H8N2O2.C2H4N4.C2H4O2/c6-4-7-5(3-9)1-2-8;3-1-6-2(4)5;3-1-2-4/h8-9H,1-3H2;(H4,4,5,6);1-4H/b;;2-1+. The summed E-state index contributed by atoms with van der Waals surface area (Å²) in [4.78, 5) is 6.15. The average Bonchev–Trinajstić information content (AvgIpc) is 2.39. The van der Waals surface area contributed by atoms with Crippen molar-refractivity contribution in [1.29, 1.82) is 10.5 Å². The molecule has 0 bridgehead atoms. The molecule has 0 aromatic rings. The zero-order valence-corrected chi connectivity index (χ0v) is 10.0. The highest BCUT2D eigenvalue weighted by Crippen LogP contribution is 1.83. The van der Waals surface area contributed by atoms with E-state index in [4.69, 9.17) is 42.4 Å². The lowest BCUT2D eigenvalue weighted by Gasteiger charge is -1.93. The predicted octanol–water partition coefficient (Wildman–Crippen LogP) is -1.40. The molecule has 106 valence electrons. The van der Waals surface area contributed by atoms with E-state index in [0.29, 0.717) is 18.2 Å². The molecule has 0 rings (SSSR count). The molecule has 0 aliphatic heterocycles. The van der Waals surface area contributed by atoms with Crippen molar-refractivity contribution in [3.05, 3.63) is 12.5 Å². The molecule has 0 amide bonds. The van der Waals surface area contributed by atoms with Gasteiger partial charge in [0.05, 0.1) is 12.3 Å².